The van der Waals surface area contributed by atoms with E-state index in [-0.39, 0.29) is 10.7 Å². The first-order valence-electron chi connectivity index (χ1n) is 4.96. The van der Waals surface area contributed by atoms with Crippen LogP contribution in [0.4, 0.5) is 4.39 Å². The summed E-state index contributed by atoms with van der Waals surface area (Å²) in [5.41, 5.74) is 1.58. The normalized spacial score (nSPS) is 10.5. The molecule has 0 bridgehead atoms. The quantitative estimate of drug-likeness (QED) is 0.891. The van der Waals surface area contributed by atoms with E-state index in [2.05, 4.69) is 4.98 Å². The number of carboxylic acids is 1. The first-order valence-corrected chi connectivity index (χ1v) is 5.78. The van der Waals surface area contributed by atoms with Crippen molar-refractivity contribution in [2.24, 2.45) is 0 Å². The van der Waals surface area contributed by atoms with Gasteiger partial charge < -0.3 is 5.11 Å². The molecule has 0 radical (unpaired) electrons. The minimum atomic E-state index is -1.03. The van der Waals surface area contributed by atoms with Crippen LogP contribution in [0.1, 0.15) is 20.9 Å². The molecule has 0 amide bonds. The summed E-state index contributed by atoms with van der Waals surface area (Å²) in [4.78, 5) is 15.1. The maximum Gasteiger partial charge on any atom is 0.347 e. The van der Waals surface area contributed by atoms with Crippen LogP contribution < -0.4 is 0 Å². The molecule has 0 spiro atoms. The molecule has 5 heteroatoms. The minimum absolute atomic E-state index is 0.153. The van der Waals surface area contributed by atoms with E-state index in [0.717, 1.165) is 16.9 Å². The Morgan fingerprint density at radius 2 is 2.12 bits per heavy atom. The van der Waals surface area contributed by atoms with E-state index in [1.807, 2.05) is 0 Å². The topological polar surface area (TPSA) is 50.2 Å². The fourth-order valence-corrected chi connectivity index (χ4v) is 2.44. The largest absolute Gasteiger partial charge is 0.477 e. The number of carbonyl (C=O) groups is 1. The zero-order valence-electron chi connectivity index (χ0n) is 9.32. The van der Waals surface area contributed by atoms with Crippen LogP contribution in [0.15, 0.2) is 18.2 Å². The number of benzene rings is 1. The Hall–Kier alpha value is -1.75. The van der Waals surface area contributed by atoms with Crippen LogP contribution in [0.25, 0.3) is 10.6 Å². The SMILES string of the molecule is Cc1ccc(-c2nc(C)c(C(=O)O)s2)c(F)c1. The second-order valence-electron chi connectivity index (χ2n) is 3.72. The molecule has 1 heterocycles. The summed E-state index contributed by atoms with van der Waals surface area (Å²) in [5.74, 6) is -1.41. The van der Waals surface area contributed by atoms with Crippen molar-refractivity contribution in [3.63, 3.8) is 0 Å². The molecule has 0 fully saturated rings. The number of rotatable bonds is 2. The number of aromatic carboxylic acids is 1. The lowest BCUT2D eigenvalue weighted by molar-refractivity contribution is 0.0701. The molecule has 0 aliphatic carbocycles. The van der Waals surface area contributed by atoms with Gasteiger partial charge in [0.2, 0.25) is 0 Å². The number of thiazole rings is 1. The first kappa shape index (κ1) is 11.7. The summed E-state index contributed by atoms with van der Waals surface area (Å²) in [5, 5.41) is 9.32. The van der Waals surface area contributed by atoms with Crippen molar-refractivity contribution in [2.45, 2.75) is 13.8 Å². The van der Waals surface area contributed by atoms with Gasteiger partial charge in [-0.05, 0) is 31.5 Å². The highest BCUT2D eigenvalue weighted by Crippen LogP contribution is 2.30. The molecule has 17 heavy (non-hydrogen) atoms. The molecule has 1 aromatic carbocycles. The summed E-state index contributed by atoms with van der Waals surface area (Å²) in [6.07, 6.45) is 0. The fraction of sp³-hybridized carbons (Fsp3) is 0.167. The lowest BCUT2D eigenvalue weighted by Crippen LogP contribution is -1.94. The zero-order valence-corrected chi connectivity index (χ0v) is 10.1. The van der Waals surface area contributed by atoms with E-state index < -0.39 is 5.97 Å². The molecule has 0 saturated carbocycles. The van der Waals surface area contributed by atoms with Crippen molar-refractivity contribution in [1.82, 2.24) is 4.98 Å². The van der Waals surface area contributed by atoms with Crippen molar-refractivity contribution in [3.05, 3.63) is 40.2 Å². The lowest BCUT2D eigenvalue weighted by atomic mass is 10.1. The van der Waals surface area contributed by atoms with Crippen molar-refractivity contribution in [1.29, 1.82) is 0 Å². The highest BCUT2D eigenvalue weighted by atomic mass is 32.1. The average molecular weight is 251 g/mol. The molecule has 0 atom stereocenters. The third-order valence-corrected chi connectivity index (χ3v) is 3.52. The highest BCUT2D eigenvalue weighted by Gasteiger charge is 2.16. The molecule has 3 nitrogen and oxygen atoms in total. The van der Waals surface area contributed by atoms with E-state index in [1.165, 1.54) is 6.07 Å². The standard InChI is InChI=1S/C12H10FNO2S/c1-6-3-4-8(9(13)5-6)11-14-7(2)10(17-11)12(15)16/h3-5H,1-2H3,(H,15,16). The van der Waals surface area contributed by atoms with Crippen molar-refractivity contribution in [3.8, 4) is 10.6 Å². The van der Waals surface area contributed by atoms with Crippen LogP contribution in [0, 0.1) is 19.7 Å². The number of carboxylic acid groups (broad SMARTS) is 1. The Labute approximate surface area is 102 Å². The van der Waals surface area contributed by atoms with Crippen molar-refractivity contribution >= 4 is 17.3 Å². The summed E-state index contributed by atoms with van der Waals surface area (Å²) >= 11 is 0.990. The molecular weight excluding hydrogens is 241 g/mol. The number of aromatic nitrogens is 1. The Bertz CT molecular complexity index is 592. The molecule has 1 aromatic heterocycles. The molecule has 1 N–H and O–H groups in total. The van der Waals surface area contributed by atoms with Gasteiger partial charge in [-0.25, -0.2) is 14.2 Å². The van der Waals surface area contributed by atoms with Crippen molar-refractivity contribution in [2.75, 3.05) is 0 Å². The molecular formula is C12H10FNO2S. The van der Waals surface area contributed by atoms with Crippen LogP contribution in [-0.4, -0.2) is 16.1 Å². The van der Waals surface area contributed by atoms with Crippen LogP contribution in [0.5, 0.6) is 0 Å². The Kier molecular flexibility index (Phi) is 2.93. The third kappa shape index (κ3) is 2.19. The maximum atomic E-state index is 13.7. The van der Waals surface area contributed by atoms with E-state index in [0.29, 0.717) is 16.3 Å². The first-order chi connectivity index (χ1) is 7.99. The molecule has 2 rings (SSSR count). The highest BCUT2D eigenvalue weighted by molar-refractivity contribution is 7.17. The smallest absolute Gasteiger partial charge is 0.347 e. The van der Waals surface area contributed by atoms with Crippen LogP contribution in [0.2, 0.25) is 0 Å². The number of nitrogens with zero attached hydrogens (tertiary/aromatic N) is 1. The summed E-state index contributed by atoms with van der Waals surface area (Å²) < 4.78 is 13.7. The molecule has 0 unspecified atom stereocenters. The minimum Gasteiger partial charge on any atom is -0.477 e. The third-order valence-electron chi connectivity index (χ3n) is 2.35. The molecule has 2 aromatic rings. The number of hydrogen-bond acceptors (Lipinski definition) is 3. The van der Waals surface area contributed by atoms with Gasteiger partial charge in [-0.2, -0.15) is 0 Å². The monoisotopic (exact) mass is 251 g/mol. The summed E-state index contributed by atoms with van der Waals surface area (Å²) in [6, 6.07) is 4.80. The van der Waals surface area contributed by atoms with Gasteiger partial charge in [0.1, 0.15) is 15.7 Å². The fourth-order valence-electron chi connectivity index (χ4n) is 1.50. The average Bonchev–Trinajstić information content (AvgIpc) is 2.60. The van der Waals surface area contributed by atoms with E-state index in [1.54, 1.807) is 26.0 Å². The van der Waals surface area contributed by atoms with Crippen LogP contribution in [-0.2, 0) is 0 Å². The Morgan fingerprint density at radius 1 is 1.41 bits per heavy atom. The van der Waals surface area contributed by atoms with Gasteiger partial charge in [-0.1, -0.05) is 6.07 Å². The molecule has 0 aliphatic heterocycles. The predicted molar refractivity (Wildman–Crippen MR) is 63.9 cm³/mol. The van der Waals surface area contributed by atoms with Crippen molar-refractivity contribution < 1.29 is 14.3 Å². The van der Waals surface area contributed by atoms with Gasteiger partial charge in [0.25, 0.3) is 0 Å². The van der Waals surface area contributed by atoms with Gasteiger partial charge in [0.05, 0.1) is 5.69 Å². The van der Waals surface area contributed by atoms with Gasteiger partial charge in [0.15, 0.2) is 0 Å². The molecule has 0 saturated heterocycles. The second kappa shape index (κ2) is 4.25. The number of hydrogen-bond donors (Lipinski definition) is 1. The second-order valence-corrected chi connectivity index (χ2v) is 4.72. The van der Waals surface area contributed by atoms with Gasteiger partial charge in [-0.15, -0.1) is 11.3 Å². The zero-order chi connectivity index (χ0) is 12.6. The Balaban J connectivity index is 2.53. The van der Waals surface area contributed by atoms with Crippen LogP contribution >= 0.6 is 11.3 Å². The lowest BCUT2D eigenvalue weighted by Gasteiger charge is -1.99. The molecule has 0 aliphatic rings. The summed E-state index contributed by atoms with van der Waals surface area (Å²) in [7, 11) is 0. The predicted octanol–water partition coefficient (Wildman–Crippen LogP) is 3.26. The number of halogens is 1. The molecule has 88 valence electrons. The van der Waals surface area contributed by atoms with E-state index in [4.69, 9.17) is 5.11 Å². The summed E-state index contributed by atoms with van der Waals surface area (Å²) in [6.45, 7) is 3.40. The Morgan fingerprint density at radius 3 is 2.65 bits per heavy atom. The number of aryl methyl sites for hydroxylation is 2. The van der Waals surface area contributed by atoms with E-state index in [9.17, 15) is 9.18 Å². The van der Waals surface area contributed by atoms with Gasteiger partial charge in [0, 0.05) is 5.56 Å². The van der Waals surface area contributed by atoms with Gasteiger partial charge >= 0.3 is 5.97 Å². The van der Waals surface area contributed by atoms with Gasteiger partial charge in [-0.3, -0.25) is 0 Å². The van der Waals surface area contributed by atoms with Crippen LogP contribution in [0.3, 0.4) is 0 Å². The maximum absolute atomic E-state index is 13.7. The van der Waals surface area contributed by atoms with E-state index >= 15 is 0 Å².